The molecular weight excluding hydrogens is 346 g/mol. The molecule has 0 aliphatic rings. The van der Waals surface area contributed by atoms with E-state index >= 15 is 0 Å². The van der Waals surface area contributed by atoms with Crippen LogP contribution in [0.1, 0.15) is 26.3 Å². The number of aromatic hydroxyl groups is 1. The van der Waals surface area contributed by atoms with E-state index in [2.05, 4.69) is 5.32 Å². The van der Waals surface area contributed by atoms with Crippen LogP contribution in [0.15, 0.2) is 66.7 Å². The topological polar surface area (TPSA) is 95.9 Å². The van der Waals surface area contributed by atoms with Crippen molar-refractivity contribution < 1.29 is 24.5 Å². The van der Waals surface area contributed by atoms with Crippen molar-refractivity contribution in [1.82, 2.24) is 0 Å². The zero-order valence-corrected chi connectivity index (χ0v) is 14.5. The molecule has 0 amide bonds. The fraction of sp³-hybridized carbons (Fsp3) is 0.0476. The molecule has 0 atom stereocenters. The molecule has 0 saturated carbocycles. The van der Waals surface area contributed by atoms with Crippen LogP contribution in [0.25, 0.3) is 0 Å². The number of methoxy groups -OCH3 is 1. The fourth-order valence-corrected chi connectivity index (χ4v) is 2.66. The van der Waals surface area contributed by atoms with Gasteiger partial charge in [0.15, 0.2) is 5.78 Å². The Morgan fingerprint density at radius 3 is 2.07 bits per heavy atom. The number of ether oxygens (including phenoxy) is 1. The Morgan fingerprint density at radius 1 is 0.852 bits per heavy atom. The molecule has 3 rings (SSSR count). The van der Waals surface area contributed by atoms with Gasteiger partial charge >= 0.3 is 5.97 Å². The predicted octanol–water partition coefficient (Wildman–Crippen LogP) is 4.07. The first-order valence-electron chi connectivity index (χ1n) is 8.10. The highest BCUT2D eigenvalue weighted by atomic mass is 16.5. The molecule has 0 heterocycles. The molecule has 3 aromatic carbocycles. The molecule has 27 heavy (non-hydrogen) atoms. The van der Waals surface area contributed by atoms with Crippen LogP contribution in [-0.4, -0.2) is 29.1 Å². The van der Waals surface area contributed by atoms with Crippen LogP contribution in [0.5, 0.6) is 11.5 Å². The molecule has 3 N–H and O–H groups in total. The normalized spacial score (nSPS) is 10.3. The number of hydrogen-bond donors (Lipinski definition) is 3. The summed E-state index contributed by atoms with van der Waals surface area (Å²) in [5.74, 6) is -1.27. The maximum Gasteiger partial charge on any atom is 0.336 e. The zero-order valence-electron chi connectivity index (χ0n) is 14.5. The number of benzene rings is 3. The van der Waals surface area contributed by atoms with Gasteiger partial charge in [-0.15, -0.1) is 0 Å². The van der Waals surface area contributed by atoms with E-state index in [-0.39, 0.29) is 22.4 Å². The minimum Gasteiger partial charge on any atom is -0.507 e. The molecule has 0 unspecified atom stereocenters. The van der Waals surface area contributed by atoms with Crippen molar-refractivity contribution in [3.8, 4) is 11.5 Å². The number of carbonyl (C=O) groups excluding carboxylic acids is 1. The lowest BCUT2D eigenvalue weighted by molar-refractivity contribution is 0.0692. The second-order valence-electron chi connectivity index (χ2n) is 5.77. The molecule has 6 nitrogen and oxygen atoms in total. The van der Waals surface area contributed by atoms with E-state index in [4.69, 9.17) is 4.74 Å². The van der Waals surface area contributed by atoms with Crippen molar-refractivity contribution in [2.24, 2.45) is 0 Å². The number of aromatic carboxylic acids is 1. The Kier molecular flexibility index (Phi) is 5.08. The van der Waals surface area contributed by atoms with E-state index in [9.17, 15) is 19.8 Å². The van der Waals surface area contributed by atoms with Crippen molar-refractivity contribution in [2.45, 2.75) is 0 Å². The molecule has 3 aromatic rings. The quantitative estimate of drug-likeness (QED) is 0.571. The summed E-state index contributed by atoms with van der Waals surface area (Å²) in [6.45, 7) is 0. The average molecular weight is 363 g/mol. The molecule has 0 radical (unpaired) electrons. The minimum atomic E-state index is -1.20. The van der Waals surface area contributed by atoms with E-state index in [0.29, 0.717) is 5.69 Å². The smallest absolute Gasteiger partial charge is 0.336 e. The highest BCUT2D eigenvalue weighted by Gasteiger charge is 2.20. The summed E-state index contributed by atoms with van der Waals surface area (Å²) in [5.41, 5.74) is 1.31. The van der Waals surface area contributed by atoms with Gasteiger partial charge in [-0.25, -0.2) is 4.79 Å². The number of carboxylic acids is 1. The van der Waals surface area contributed by atoms with Crippen molar-refractivity contribution in [3.63, 3.8) is 0 Å². The van der Waals surface area contributed by atoms with Gasteiger partial charge in [-0.3, -0.25) is 4.79 Å². The van der Waals surface area contributed by atoms with E-state index in [0.717, 1.165) is 11.4 Å². The summed E-state index contributed by atoms with van der Waals surface area (Å²) < 4.78 is 5.10. The summed E-state index contributed by atoms with van der Waals surface area (Å²) in [6, 6.07) is 17.6. The lowest BCUT2D eigenvalue weighted by atomic mass is 9.97. The van der Waals surface area contributed by atoms with Crippen molar-refractivity contribution in [3.05, 3.63) is 83.4 Å². The molecule has 0 aliphatic carbocycles. The zero-order chi connectivity index (χ0) is 19.4. The Bertz CT molecular complexity index is 996. The number of ketones is 1. The largest absolute Gasteiger partial charge is 0.507 e. The number of nitrogens with one attached hydrogen (secondary N) is 1. The molecule has 0 aliphatic heterocycles. The Balaban J connectivity index is 1.86. The predicted molar refractivity (Wildman–Crippen MR) is 101 cm³/mol. The standard InChI is InChI=1S/C21H17NO5/c1-27-15-9-6-13(7-10-15)22-14-8-11-18(19(23)12-14)20(24)16-4-2-3-5-17(16)21(25)26/h2-12,22-23H,1H3,(H,25,26). The lowest BCUT2D eigenvalue weighted by Gasteiger charge is -2.11. The van der Waals surface area contributed by atoms with Crippen LogP contribution in [-0.2, 0) is 0 Å². The second-order valence-corrected chi connectivity index (χ2v) is 5.77. The first-order chi connectivity index (χ1) is 13.0. The Hall–Kier alpha value is -3.80. The third-order valence-corrected chi connectivity index (χ3v) is 4.02. The maximum absolute atomic E-state index is 12.7. The molecule has 0 saturated heterocycles. The molecule has 6 heteroatoms. The third kappa shape index (κ3) is 3.90. The van der Waals surface area contributed by atoms with Crippen LogP contribution < -0.4 is 10.1 Å². The van der Waals surface area contributed by atoms with Crippen LogP contribution in [0.3, 0.4) is 0 Å². The van der Waals surface area contributed by atoms with Crippen molar-refractivity contribution in [1.29, 1.82) is 0 Å². The molecule has 136 valence electrons. The van der Waals surface area contributed by atoms with E-state index in [1.54, 1.807) is 37.4 Å². The number of phenols is 1. The lowest BCUT2D eigenvalue weighted by Crippen LogP contribution is -2.09. The molecular formula is C21H17NO5. The minimum absolute atomic E-state index is 0.0242. The number of hydrogen-bond acceptors (Lipinski definition) is 5. The SMILES string of the molecule is COc1ccc(Nc2ccc(C(=O)c3ccccc3C(=O)O)c(O)c2)cc1. The number of phenolic OH excluding ortho intramolecular Hbond substituents is 1. The number of rotatable bonds is 6. The molecule has 0 aromatic heterocycles. The summed E-state index contributed by atoms with van der Waals surface area (Å²) in [4.78, 5) is 24.0. The third-order valence-electron chi connectivity index (χ3n) is 4.02. The van der Waals surface area contributed by atoms with Gasteiger partial charge in [0, 0.05) is 23.0 Å². The molecule has 0 spiro atoms. The first kappa shape index (κ1) is 18.0. The first-order valence-corrected chi connectivity index (χ1v) is 8.10. The fourth-order valence-electron chi connectivity index (χ4n) is 2.66. The van der Waals surface area contributed by atoms with Gasteiger partial charge in [0.25, 0.3) is 0 Å². The van der Waals surface area contributed by atoms with Crippen LogP contribution in [0.4, 0.5) is 11.4 Å². The van der Waals surface area contributed by atoms with Crippen LogP contribution >= 0.6 is 0 Å². The van der Waals surface area contributed by atoms with Gasteiger partial charge in [0.2, 0.25) is 0 Å². The average Bonchev–Trinajstić information content (AvgIpc) is 2.68. The van der Waals surface area contributed by atoms with Crippen LogP contribution in [0, 0.1) is 0 Å². The maximum atomic E-state index is 12.7. The summed E-state index contributed by atoms with van der Waals surface area (Å²) >= 11 is 0. The van der Waals surface area contributed by atoms with E-state index in [1.807, 2.05) is 12.1 Å². The van der Waals surface area contributed by atoms with Gasteiger partial charge in [0.1, 0.15) is 11.5 Å². The number of anilines is 2. The molecule has 0 fully saturated rings. The Labute approximate surface area is 155 Å². The summed E-state index contributed by atoms with van der Waals surface area (Å²) in [6.07, 6.45) is 0. The van der Waals surface area contributed by atoms with Gasteiger partial charge < -0.3 is 20.3 Å². The van der Waals surface area contributed by atoms with Gasteiger partial charge in [0.05, 0.1) is 18.2 Å². The van der Waals surface area contributed by atoms with Gasteiger partial charge in [-0.1, -0.05) is 18.2 Å². The van der Waals surface area contributed by atoms with Crippen LogP contribution in [0.2, 0.25) is 0 Å². The van der Waals surface area contributed by atoms with E-state index < -0.39 is 11.8 Å². The number of carboxylic acid groups (broad SMARTS) is 1. The summed E-state index contributed by atoms with van der Waals surface area (Å²) in [7, 11) is 1.58. The number of carbonyl (C=O) groups is 2. The highest BCUT2D eigenvalue weighted by Crippen LogP contribution is 2.28. The highest BCUT2D eigenvalue weighted by molar-refractivity contribution is 6.15. The van der Waals surface area contributed by atoms with E-state index in [1.165, 1.54) is 24.3 Å². The van der Waals surface area contributed by atoms with Gasteiger partial charge in [-0.2, -0.15) is 0 Å². The van der Waals surface area contributed by atoms with Crippen molar-refractivity contribution in [2.75, 3.05) is 12.4 Å². The van der Waals surface area contributed by atoms with Gasteiger partial charge in [-0.05, 0) is 42.5 Å². The molecule has 0 bridgehead atoms. The Morgan fingerprint density at radius 2 is 1.48 bits per heavy atom. The monoisotopic (exact) mass is 363 g/mol. The second kappa shape index (κ2) is 7.61. The van der Waals surface area contributed by atoms with Crippen molar-refractivity contribution >= 4 is 23.1 Å². The summed E-state index contributed by atoms with van der Waals surface area (Å²) in [5, 5.41) is 22.6.